The van der Waals surface area contributed by atoms with E-state index in [1.54, 1.807) is 22.5 Å². The molecule has 2 atom stereocenters. The molecule has 1 saturated heterocycles. The molecule has 0 amide bonds. The zero-order valence-corrected chi connectivity index (χ0v) is 14.7. The van der Waals surface area contributed by atoms with Gasteiger partial charge in [0.15, 0.2) is 0 Å². The van der Waals surface area contributed by atoms with Crippen LogP contribution in [0.1, 0.15) is 33.9 Å². The molecule has 1 aromatic rings. The molecule has 1 fully saturated rings. The molecule has 6 nitrogen and oxygen atoms in total. The minimum absolute atomic E-state index is 0.0303. The summed E-state index contributed by atoms with van der Waals surface area (Å²) in [5.74, 6) is 1.41. The Bertz CT molecular complexity index is 547. The number of thioether (sulfide) groups is 1. The Hall–Kier alpha value is -1.05. The monoisotopic (exact) mass is 327 g/mol. The minimum Gasteiger partial charge on any atom is -0.375 e. The Morgan fingerprint density at radius 3 is 2.82 bits per heavy atom. The second-order valence-corrected chi connectivity index (χ2v) is 7.11. The van der Waals surface area contributed by atoms with Gasteiger partial charge < -0.3 is 14.4 Å². The van der Waals surface area contributed by atoms with E-state index in [1.807, 2.05) is 31.9 Å². The number of hydrogen-bond donors (Lipinski definition) is 0. The Kier molecular flexibility index (Phi) is 5.88. The summed E-state index contributed by atoms with van der Waals surface area (Å²) >= 11 is 1.67. The van der Waals surface area contributed by atoms with Crippen LogP contribution >= 0.6 is 11.8 Å². The number of aromatic nitrogens is 2. The van der Waals surface area contributed by atoms with Gasteiger partial charge in [-0.1, -0.05) is 0 Å². The maximum Gasteiger partial charge on any atom is 0.351 e. The summed E-state index contributed by atoms with van der Waals surface area (Å²) in [4.78, 5) is 18.4. The van der Waals surface area contributed by atoms with Crippen molar-refractivity contribution < 1.29 is 9.47 Å². The maximum atomic E-state index is 12.2. The standard InChI is InChI=1S/C15H25N3O3S/c1-10(2)17(5)12-6-7-18(15(19)16-12)13-9-22-14(21-13)8-20-11(3)4/h6-7,10-11,13-14H,8-9H2,1-5H3/t13-,14+/m1/s1. The topological polar surface area (TPSA) is 56.6 Å². The van der Waals surface area contributed by atoms with Crippen molar-refractivity contribution in [1.29, 1.82) is 0 Å². The van der Waals surface area contributed by atoms with E-state index < -0.39 is 0 Å². The fourth-order valence-corrected chi connectivity index (χ4v) is 3.03. The largest absolute Gasteiger partial charge is 0.375 e. The molecule has 1 aliphatic heterocycles. The van der Waals surface area contributed by atoms with Crippen molar-refractivity contribution in [3.63, 3.8) is 0 Å². The quantitative estimate of drug-likeness (QED) is 0.797. The molecule has 1 aromatic heterocycles. The average Bonchev–Trinajstić information content (AvgIpc) is 2.92. The smallest absolute Gasteiger partial charge is 0.351 e. The van der Waals surface area contributed by atoms with Gasteiger partial charge in [-0.3, -0.25) is 4.57 Å². The molecular formula is C15H25N3O3S. The second-order valence-electron chi connectivity index (χ2n) is 5.92. The maximum absolute atomic E-state index is 12.2. The lowest BCUT2D eigenvalue weighted by Gasteiger charge is -2.23. The number of rotatable bonds is 6. The van der Waals surface area contributed by atoms with Crippen molar-refractivity contribution in [2.24, 2.45) is 0 Å². The lowest BCUT2D eigenvalue weighted by Crippen LogP contribution is -2.33. The molecule has 0 unspecified atom stereocenters. The average molecular weight is 327 g/mol. The summed E-state index contributed by atoms with van der Waals surface area (Å²) in [5, 5.41) is 0. The molecule has 124 valence electrons. The van der Waals surface area contributed by atoms with Crippen molar-refractivity contribution >= 4 is 17.6 Å². The van der Waals surface area contributed by atoms with Crippen LogP contribution in [0.15, 0.2) is 17.1 Å². The lowest BCUT2D eigenvalue weighted by atomic mass is 10.3. The predicted octanol–water partition coefficient (Wildman–Crippen LogP) is 2.10. The molecule has 2 rings (SSSR count). The van der Waals surface area contributed by atoms with Gasteiger partial charge in [-0.05, 0) is 33.8 Å². The summed E-state index contributed by atoms with van der Waals surface area (Å²) in [6, 6.07) is 2.14. The summed E-state index contributed by atoms with van der Waals surface area (Å²) in [6.07, 6.45) is 1.67. The third kappa shape index (κ3) is 4.24. The van der Waals surface area contributed by atoms with E-state index in [1.165, 1.54) is 0 Å². The van der Waals surface area contributed by atoms with Gasteiger partial charge in [0.1, 0.15) is 17.5 Å². The van der Waals surface area contributed by atoms with E-state index in [2.05, 4.69) is 18.8 Å². The van der Waals surface area contributed by atoms with Crippen LogP contribution in [0.5, 0.6) is 0 Å². The van der Waals surface area contributed by atoms with Crippen molar-refractivity contribution in [3.8, 4) is 0 Å². The van der Waals surface area contributed by atoms with Gasteiger partial charge in [-0.15, -0.1) is 11.8 Å². The fourth-order valence-electron chi connectivity index (χ4n) is 2.03. The van der Waals surface area contributed by atoms with Crippen molar-refractivity contribution in [2.45, 2.75) is 51.5 Å². The van der Waals surface area contributed by atoms with Crippen molar-refractivity contribution in [3.05, 3.63) is 22.7 Å². The summed E-state index contributed by atoms with van der Waals surface area (Å²) in [6.45, 7) is 8.65. The van der Waals surface area contributed by atoms with Gasteiger partial charge in [-0.2, -0.15) is 4.98 Å². The first-order valence-corrected chi connectivity index (χ1v) is 8.64. The van der Waals surface area contributed by atoms with Gasteiger partial charge in [0, 0.05) is 25.0 Å². The van der Waals surface area contributed by atoms with Crippen molar-refractivity contribution in [2.75, 3.05) is 24.3 Å². The predicted molar refractivity (Wildman–Crippen MR) is 89.5 cm³/mol. The van der Waals surface area contributed by atoms with E-state index >= 15 is 0 Å². The zero-order valence-electron chi connectivity index (χ0n) is 13.9. The Morgan fingerprint density at radius 2 is 2.23 bits per heavy atom. The highest BCUT2D eigenvalue weighted by atomic mass is 32.2. The summed E-state index contributed by atoms with van der Waals surface area (Å²) in [5.41, 5.74) is -0.307. The number of anilines is 1. The lowest BCUT2D eigenvalue weighted by molar-refractivity contribution is -0.0377. The highest BCUT2D eigenvalue weighted by Gasteiger charge is 2.28. The Morgan fingerprint density at radius 1 is 1.50 bits per heavy atom. The number of ether oxygens (including phenoxy) is 2. The van der Waals surface area contributed by atoms with Gasteiger partial charge in [-0.25, -0.2) is 4.79 Å². The SMILES string of the molecule is CC(C)OC[C@H]1O[C@@H](n2ccc(N(C)C(C)C)nc2=O)CS1. The van der Waals surface area contributed by atoms with Crippen LogP contribution < -0.4 is 10.6 Å². The van der Waals surface area contributed by atoms with Gasteiger partial charge in [0.05, 0.1) is 12.7 Å². The molecule has 0 saturated carbocycles. The molecule has 0 aromatic carbocycles. The zero-order chi connectivity index (χ0) is 16.3. The summed E-state index contributed by atoms with van der Waals surface area (Å²) in [7, 11) is 1.93. The van der Waals surface area contributed by atoms with Crippen LogP contribution in [-0.2, 0) is 9.47 Å². The van der Waals surface area contributed by atoms with E-state index in [4.69, 9.17) is 9.47 Å². The van der Waals surface area contributed by atoms with E-state index in [9.17, 15) is 4.79 Å². The molecule has 0 bridgehead atoms. The second kappa shape index (κ2) is 7.48. The van der Waals surface area contributed by atoms with Gasteiger partial charge >= 0.3 is 5.69 Å². The molecule has 1 aliphatic rings. The fraction of sp³-hybridized carbons (Fsp3) is 0.733. The third-order valence-electron chi connectivity index (χ3n) is 3.56. The number of nitrogens with zero attached hydrogens (tertiary/aromatic N) is 3. The molecule has 0 N–H and O–H groups in total. The van der Waals surface area contributed by atoms with Crippen LogP contribution in [-0.4, -0.2) is 46.5 Å². The minimum atomic E-state index is -0.277. The van der Waals surface area contributed by atoms with Crippen LogP contribution in [0.2, 0.25) is 0 Å². The van der Waals surface area contributed by atoms with Crippen LogP contribution in [0.3, 0.4) is 0 Å². The first-order valence-electron chi connectivity index (χ1n) is 7.59. The number of hydrogen-bond acceptors (Lipinski definition) is 6. The van der Waals surface area contributed by atoms with E-state index in [0.717, 1.165) is 5.75 Å². The first kappa shape index (κ1) is 17.3. The third-order valence-corrected chi connectivity index (χ3v) is 4.66. The molecule has 22 heavy (non-hydrogen) atoms. The Balaban J connectivity index is 2.03. The molecule has 2 heterocycles. The highest BCUT2D eigenvalue weighted by Crippen LogP contribution is 2.31. The molecule has 0 aliphatic carbocycles. The van der Waals surface area contributed by atoms with E-state index in [0.29, 0.717) is 18.5 Å². The van der Waals surface area contributed by atoms with Crippen LogP contribution in [0, 0.1) is 0 Å². The molecular weight excluding hydrogens is 302 g/mol. The molecule has 0 radical (unpaired) electrons. The molecule has 7 heteroatoms. The normalized spacial score (nSPS) is 21.8. The van der Waals surface area contributed by atoms with Crippen LogP contribution in [0.25, 0.3) is 0 Å². The molecule has 0 spiro atoms. The van der Waals surface area contributed by atoms with Crippen molar-refractivity contribution in [1.82, 2.24) is 9.55 Å². The highest BCUT2D eigenvalue weighted by molar-refractivity contribution is 8.00. The Labute approximate surface area is 135 Å². The summed E-state index contributed by atoms with van der Waals surface area (Å²) < 4.78 is 13.0. The first-order chi connectivity index (χ1) is 10.4. The van der Waals surface area contributed by atoms with Crippen LogP contribution in [0.4, 0.5) is 5.82 Å². The van der Waals surface area contributed by atoms with Gasteiger partial charge in [0.2, 0.25) is 0 Å². The van der Waals surface area contributed by atoms with E-state index in [-0.39, 0.29) is 23.5 Å². The van der Waals surface area contributed by atoms with Gasteiger partial charge in [0.25, 0.3) is 0 Å².